The second-order valence-corrected chi connectivity index (χ2v) is 7.35. The first-order valence-electron chi connectivity index (χ1n) is 7.72. The molecule has 0 fully saturated rings. The molecule has 2 aromatic carbocycles. The maximum absolute atomic E-state index is 6.14. The lowest BCUT2D eigenvalue weighted by Gasteiger charge is -2.10. The van der Waals surface area contributed by atoms with Crippen LogP contribution in [0, 0.1) is 6.92 Å². The number of hydrogen-bond acceptors (Lipinski definition) is 2. The van der Waals surface area contributed by atoms with Crippen LogP contribution in [0.25, 0.3) is 0 Å². The number of benzene rings is 2. The van der Waals surface area contributed by atoms with Gasteiger partial charge in [0, 0.05) is 21.8 Å². The molecule has 134 valence electrons. The molecule has 0 saturated heterocycles. The number of nitrogens with zero attached hydrogens (tertiary/aromatic N) is 2. The highest BCUT2D eigenvalue weighted by Gasteiger charge is 2.09. The number of aryl methyl sites for hydroxylation is 1. The van der Waals surface area contributed by atoms with Crippen molar-refractivity contribution in [3.05, 3.63) is 74.9 Å². The van der Waals surface area contributed by atoms with Gasteiger partial charge in [-0.05, 0) is 55.0 Å². The average molecular weight is 426 g/mol. The van der Waals surface area contributed by atoms with Gasteiger partial charge in [0.25, 0.3) is 0 Å². The molecule has 3 rings (SSSR count). The fraction of sp³-hybridized carbons (Fsp3) is 0.111. The predicted molar refractivity (Wildman–Crippen MR) is 114 cm³/mol. The summed E-state index contributed by atoms with van der Waals surface area (Å²) in [6.07, 6.45) is 0. The summed E-state index contributed by atoms with van der Waals surface area (Å²) in [7, 11) is 0. The number of nitrogens with one attached hydrogen (secondary N) is 2. The van der Waals surface area contributed by atoms with Crippen molar-refractivity contribution in [1.82, 2.24) is 9.78 Å². The average Bonchev–Trinajstić information content (AvgIpc) is 2.90. The minimum atomic E-state index is 0.376. The maximum atomic E-state index is 6.14. The number of hydrogen-bond donors (Lipinski definition) is 2. The molecule has 8 heteroatoms. The highest BCUT2D eigenvalue weighted by molar-refractivity contribution is 7.80. The molecule has 0 aliphatic carbocycles. The molecule has 0 bridgehead atoms. The summed E-state index contributed by atoms with van der Waals surface area (Å²) in [6, 6.07) is 14.7. The van der Waals surface area contributed by atoms with E-state index in [2.05, 4.69) is 15.7 Å². The molecule has 2 N–H and O–H groups in total. The highest BCUT2D eigenvalue weighted by Crippen LogP contribution is 2.25. The van der Waals surface area contributed by atoms with Crippen LogP contribution in [0.3, 0.4) is 0 Å². The Balaban J connectivity index is 1.68. The second-order valence-electron chi connectivity index (χ2n) is 5.66. The number of rotatable bonds is 4. The third kappa shape index (κ3) is 4.89. The lowest BCUT2D eigenvalue weighted by atomic mass is 10.2. The highest BCUT2D eigenvalue weighted by atomic mass is 35.5. The van der Waals surface area contributed by atoms with Crippen molar-refractivity contribution in [1.29, 1.82) is 0 Å². The zero-order valence-corrected chi connectivity index (χ0v) is 16.8. The van der Waals surface area contributed by atoms with E-state index < -0.39 is 0 Å². The summed E-state index contributed by atoms with van der Waals surface area (Å²) in [4.78, 5) is 0. The van der Waals surface area contributed by atoms with E-state index in [9.17, 15) is 0 Å². The Bertz CT molecular complexity index is 955. The molecule has 0 radical (unpaired) electrons. The lowest BCUT2D eigenvalue weighted by Crippen LogP contribution is -2.19. The predicted octanol–water partition coefficient (Wildman–Crippen LogP) is 6.01. The van der Waals surface area contributed by atoms with Gasteiger partial charge in [0.1, 0.15) is 0 Å². The second kappa shape index (κ2) is 8.27. The van der Waals surface area contributed by atoms with Gasteiger partial charge in [0.15, 0.2) is 10.9 Å². The summed E-state index contributed by atoms with van der Waals surface area (Å²) in [5.74, 6) is 0.639. The van der Waals surface area contributed by atoms with Crippen LogP contribution in [0.15, 0.2) is 48.5 Å². The van der Waals surface area contributed by atoms with E-state index >= 15 is 0 Å². The number of aromatic nitrogens is 2. The van der Waals surface area contributed by atoms with E-state index in [4.69, 9.17) is 47.0 Å². The van der Waals surface area contributed by atoms with Crippen LogP contribution in [-0.2, 0) is 6.54 Å². The van der Waals surface area contributed by atoms with Crippen molar-refractivity contribution in [3.63, 3.8) is 0 Å². The number of anilines is 2. The quantitative estimate of drug-likeness (QED) is 0.502. The molecule has 0 spiro atoms. The largest absolute Gasteiger partial charge is 0.331 e. The molecule has 26 heavy (non-hydrogen) atoms. The molecule has 1 aromatic heterocycles. The van der Waals surface area contributed by atoms with E-state index in [1.807, 2.05) is 41.9 Å². The van der Waals surface area contributed by atoms with E-state index in [0.29, 0.717) is 38.2 Å². The van der Waals surface area contributed by atoms with Crippen LogP contribution in [0.5, 0.6) is 0 Å². The summed E-state index contributed by atoms with van der Waals surface area (Å²) in [5, 5.41) is 12.8. The van der Waals surface area contributed by atoms with Gasteiger partial charge in [-0.15, -0.1) is 0 Å². The van der Waals surface area contributed by atoms with E-state index in [1.54, 1.807) is 18.2 Å². The first-order valence-corrected chi connectivity index (χ1v) is 9.27. The Morgan fingerprint density at radius 1 is 1.04 bits per heavy atom. The number of thiocarbonyl (C=S) groups is 1. The summed E-state index contributed by atoms with van der Waals surface area (Å²) < 4.78 is 1.88. The van der Waals surface area contributed by atoms with Crippen LogP contribution >= 0.6 is 47.0 Å². The van der Waals surface area contributed by atoms with Crippen molar-refractivity contribution in [2.24, 2.45) is 0 Å². The number of halogens is 3. The summed E-state index contributed by atoms with van der Waals surface area (Å²) in [5.41, 5.74) is 2.70. The van der Waals surface area contributed by atoms with Crippen molar-refractivity contribution in [3.8, 4) is 0 Å². The molecule has 0 unspecified atom stereocenters. The van der Waals surface area contributed by atoms with Crippen LogP contribution in [0.2, 0.25) is 15.1 Å². The molecule has 1 heterocycles. The first-order chi connectivity index (χ1) is 12.4. The van der Waals surface area contributed by atoms with Crippen molar-refractivity contribution in [2.75, 3.05) is 10.6 Å². The van der Waals surface area contributed by atoms with Crippen LogP contribution in [0.1, 0.15) is 11.3 Å². The maximum Gasteiger partial charge on any atom is 0.176 e. The van der Waals surface area contributed by atoms with Crippen LogP contribution in [0.4, 0.5) is 11.5 Å². The first kappa shape index (κ1) is 19.0. The Labute approximate surface area is 172 Å². The van der Waals surface area contributed by atoms with Gasteiger partial charge in [0.2, 0.25) is 0 Å². The normalized spacial score (nSPS) is 10.6. The fourth-order valence-electron chi connectivity index (χ4n) is 2.40. The Morgan fingerprint density at radius 2 is 1.81 bits per heavy atom. The molecule has 0 aliphatic heterocycles. The standard InChI is InChI=1S/C18H15Cl3N4S/c1-11-7-17(24-25(11)10-12-3-2-4-13(19)8-12)23-18(26)22-16-9-14(20)5-6-15(16)21/h2-9H,10H2,1H3,(H2,22,23,24,26). The van der Waals surface area contributed by atoms with Gasteiger partial charge < -0.3 is 10.6 Å². The van der Waals surface area contributed by atoms with Crippen LogP contribution < -0.4 is 10.6 Å². The van der Waals surface area contributed by atoms with Gasteiger partial charge in [-0.2, -0.15) is 5.10 Å². The van der Waals surface area contributed by atoms with Crippen molar-refractivity contribution < 1.29 is 0 Å². The summed E-state index contributed by atoms with van der Waals surface area (Å²) >= 11 is 23.5. The van der Waals surface area contributed by atoms with Crippen LogP contribution in [-0.4, -0.2) is 14.9 Å². The molecular weight excluding hydrogens is 411 g/mol. The van der Waals surface area contributed by atoms with E-state index in [0.717, 1.165) is 11.3 Å². The van der Waals surface area contributed by atoms with Gasteiger partial charge in [-0.3, -0.25) is 4.68 Å². The molecule has 0 amide bonds. The minimum Gasteiger partial charge on any atom is -0.331 e. The van der Waals surface area contributed by atoms with E-state index in [-0.39, 0.29) is 0 Å². The SMILES string of the molecule is Cc1cc(NC(=S)Nc2cc(Cl)ccc2Cl)nn1Cc1cccc(Cl)c1. The van der Waals surface area contributed by atoms with Gasteiger partial charge in [0.05, 0.1) is 17.3 Å². The van der Waals surface area contributed by atoms with Crippen molar-refractivity contribution >= 4 is 63.6 Å². The molecule has 4 nitrogen and oxygen atoms in total. The molecular formula is C18H15Cl3N4S. The topological polar surface area (TPSA) is 41.9 Å². The summed E-state index contributed by atoms with van der Waals surface area (Å²) in [6.45, 7) is 2.60. The Morgan fingerprint density at radius 3 is 2.58 bits per heavy atom. The van der Waals surface area contributed by atoms with E-state index in [1.165, 1.54) is 0 Å². The fourth-order valence-corrected chi connectivity index (χ4v) is 3.17. The monoisotopic (exact) mass is 424 g/mol. The van der Waals surface area contributed by atoms with Gasteiger partial charge >= 0.3 is 0 Å². The molecule has 0 saturated carbocycles. The third-order valence-electron chi connectivity index (χ3n) is 3.62. The molecule has 0 aliphatic rings. The zero-order valence-electron chi connectivity index (χ0n) is 13.8. The Kier molecular flexibility index (Phi) is 6.04. The smallest absolute Gasteiger partial charge is 0.176 e. The molecule has 0 atom stereocenters. The third-order valence-corrected chi connectivity index (χ3v) is 4.62. The van der Waals surface area contributed by atoms with Gasteiger partial charge in [-0.1, -0.05) is 46.9 Å². The van der Waals surface area contributed by atoms with Crippen molar-refractivity contribution in [2.45, 2.75) is 13.5 Å². The zero-order chi connectivity index (χ0) is 18.7. The minimum absolute atomic E-state index is 0.376. The molecule has 3 aromatic rings. The van der Waals surface area contributed by atoms with Gasteiger partial charge in [-0.25, -0.2) is 0 Å². The Hall–Kier alpha value is -1.79. The lowest BCUT2D eigenvalue weighted by molar-refractivity contribution is 0.668.